The third-order valence-electron chi connectivity index (χ3n) is 7.30. The van der Waals surface area contributed by atoms with Gasteiger partial charge in [0.2, 0.25) is 5.91 Å². The van der Waals surface area contributed by atoms with Crippen molar-refractivity contribution < 1.29 is 9.35 Å². The van der Waals surface area contributed by atoms with Gasteiger partial charge in [0.25, 0.3) is 0 Å². The summed E-state index contributed by atoms with van der Waals surface area (Å²) in [6.45, 7) is 0. The van der Waals surface area contributed by atoms with Crippen LogP contribution in [-0.2, 0) is 21.6 Å². The molecule has 1 atom stereocenters. The summed E-state index contributed by atoms with van der Waals surface area (Å²) >= 11 is 2.30. The van der Waals surface area contributed by atoms with E-state index in [9.17, 15) is 9.35 Å². The van der Waals surface area contributed by atoms with Gasteiger partial charge < -0.3 is 9.45 Å². The summed E-state index contributed by atoms with van der Waals surface area (Å²) < 4.78 is 16.3. The van der Waals surface area contributed by atoms with E-state index in [-0.39, 0.29) is 5.91 Å². The summed E-state index contributed by atoms with van der Waals surface area (Å²) in [4.78, 5) is 21.0. The fraction of sp³-hybridized carbons (Fsp3) is 0.259. The molecule has 172 valence electrons. The van der Waals surface area contributed by atoms with Crippen LogP contribution in [-0.4, -0.2) is 26.5 Å². The average molecular weight is 534 g/mol. The molecule has 5 nitrogen and oxygen atoms in total. The van der Waals surface area contributed by atoms with Crippen molar-refractivity contribution in [3.63, 3.8) is 0 Å². The maximum Gasteiger partial charge on any atom is 0.237 e. The van der Waals surface area contributed by atoms with Crippen LogP contribution in [0.4, 0.5) is 5.69 Å². The van der Waals surface area contributed by atoms with E-state index in [0.29, 0.717) is 15.1 Å². The van der Waals surface area contributed by atoms with Crippen molar-refractivity contribution in [2.45, 2.75) is 42.4 Å². The number of pyridine rings is 1. The van der Waals surface area contributed by atoms with Crippen LogP contribution in [0.25, 0.3) is 22.2 Å². The predicted molar refractivity (Wildman–Crippen MR) is 139 cm³/mol. The van der Waals surface area contributed by atoms with Gasteiger partial charge in [0.15, 0.2) is 10.5 Å². The predicted octanol–water partition coefficient (Wildman–Crippen LogP) is 6.22. The SMILES string of the molecule is CN1C(=O)C2(CCCCC2)c2c1cnc1c2c(-c2ccccc2)c(Br)n1[S+]([O-])c1ccccc1. The van der Waals surface area contributed by atoms with Crippen molar-refractivity contribution in [2.24, 2.45) is 0 Å². The number of likely N-dealkylation sites (N-methyl/N-ethyl adjacent to an activating group) is 1. The van der Waals surface area contributed by atoms with Gasteiger partial charge in [0.1, 0.15) is 16.0 Å². The fourth-order valence-electron chi connectivity index (χ4n) is 5.74. The Morgan fingerprint density at radius 1 is 1.00 bits per heavy atom. The second kappa shape index (κ2) is 8.26. The van der Waals surface area contributed by atoms with E-state index in [1.165, 1.54) is 0 Å². The zero-order valence-corrected chi connectivity index (χ0v) is 21.2. The monoisotopic (exact) mass is 533 g/mol. The minimum Gasteiger partial charge on any atom is -0.587 e. The van der Waals surface area contributed by atoms with Gasteiger partial charge in [-0.1, -0.05) is 67.8 Å². The summed E-state index contributed by atoms with van der Waals surface area (Å²) in [6.07, 6.45) is 6.67. The van der Waals surface area contributed by atoms with Crippen LogP contribution in [0.1, 0.15) is 37.7 Å². The highest BCUT2D eigenvalue weighted by Gasteiger charge is 2.52. The number of hydrogen-bond acceptors (Lipinski definition) is 3. The highest BCUT2D eigenvalue weighted by molar-refractivity contribution is 9.10. The van der Waals surface area contributed by atoms with Gasteiger partial charge in [-0.3, -0.25) is 4.79 Å². The van der Waals surface area contributed by atoms with Crippen LogP contribution in [0.15, 0.2) is 76.4 Å². The Hall–Kier alpha value is -2.61. The molecule has 2 aromatic heterocycles. The summed E-state index contributed by atoms with van der Waals surface area (Å²) in [6, 6.07) is 19.5. The van der Waals surface area contributed by atoms with Gasteiger partial charge in [0.05, 0.1) is 17.3 Å². The Balaban J connectivity index is 1.72. The Bertz CT molecular complexity index is 1400. The summed E-state index contributed by atoms with van der Waals surface area (Å²) in [7, 11) is 1.86. The minimum atomic E-state index is -1.51. The van der Waals surface area contributed by atoms with E-state index in [1.807, 2.05) is 55.6 Å². The second-order valence-electron chi connectivity index (χ2n) is 9.11. The minimum absolute atomic E-state index is 0.156. The molecule has 1 saturated carbocycles. The standard InChI is InChI=1S/C27H24BrN3O2S/c1-30-20-17-29-25-22(23(20)27(26(30)32)15-9-4-10-16-27)21(18-11-5-2-6-12-18)24(28)31(25)34(33)19-13-7-3-8-14-19/h2-3,5-8,11-14,17H,4,9-10,15-16H2,1H3. The lowest BCUT2D eigenvalue weighted by Crippen LogP contribution is -2.40. The molecule has 34 heavy (non-hydrogen) atoms. The molecule has 1 spiro atoms. The maximum atomic E-state index is 13.8. The molecule has 1 unspecified atom stereocenters. The molecular formula is C27H24BrN3O2S. The Kier molecular flexibility index (Phi) is 5.32. The summed E-state index contributed by atoms with van der Waals surface area (Å²) in [5.74, 6) is 0.156. The smallest absolute Gasteiger partial charge is 0.237 e. The number of halogens is 1. The third kappa shape index (κ3) is 3.03. The molecule has 1 aliphatic heterocycles. The highest BCUT2D eigenvalue weighted by atomic mass is 79.9. The van der Waals surface area contributed by atoms with Gasteiger partial charge in [-0.15, -0.1) is 3.97 Å². The van der Waals surface area contributed by atoms with Crippen molar-refractivity contribution in [3.8, 4) is 11.1 Å². The van der Waals surface area contributed by atoms with Crippen molar-refractivity contribution in [3.05, 3.63) is 77.0 Å². The van der Waals surface area contributed by atoms with Crippen LogP contribution in [0, 0.1) is 0 Å². The average Bonchev–Trinajstić information content (AvgIpc) is 3.29. The summed E-state index contributed by atoms with van der Waals surface area (Å²) in [5, 5.41) is 0.930. The van der Waals surface area contributed by atoms with E-state index in [1.54, 1.807) is 15.1 Å². The zero-order chi connectivity index (χ0) is 23.4. The Morgan fingerprint density at radius 3 is 2.32 bits per heavy atom. The third-order valence-corrected chi connectivity index (χ3v) is 9.65. The highest BCUT2D eigenvalue weighted by Crippen LogP contribution is 2.55. The molecule has 2 aliphatic rings. The lowest BCUT2D eigenvalue weighted by Gasteiger charge is -2.32. The number of carbonyl (C=O) groups is 1. The van der Waals surface area contributed by atoms with Crippen molar-refractivity contribution >= 4 is 49.9 Å². The first-order valence-corrected chi connectivity index (χ1v) is 13.5. The molecule has 2 aromatic carbocycles. The quantitative estimate of drug-likeness (QED) is 0.294. The largest absolute Gasteiger partial charge is 0.587 e. The number of rotatable bonds is 3. The van der Waals surface area contributed by atoms with Gasteiger partial charge in [0, 0.05) is 23.6 Å². The molecule has 4 aromatic rings. The van der Waals surface area contributed by atoms with E-state index >= 15 is 0 Å². The first-order chi connectivity index (χ1) is 16.5. The van der Waals surface area contributed by atoms with Crippen molar-refractivity contribution in [2.75, 3.05) is 11.9 Å². The molecule has 0 radical (unpaired) electrons. The molecule has 1 amide bonds. The molecule has 1 fully saturated rings. The van der Waals surface area contributed by atoms with Crippen LogP contribution in [0.2, 0.25) is 0 Å². The first kappa shape index (κ1) is 21.9. The number of nitrogens with zero attached hydrogens (tertiary/aromatic N) is 3. The number of fused-ring (bicyclic) bond motifs is 4. The van der Waals surface area contributed by atoms with Crippen LogP contribution in [0.5, 0.6) is 0 Å². The molecule has 6 rings (SSSR count). The maximum absolute atomic E-state index is 13.8. The van der Waals surface area contributed by atoms with Gasteiger partial charge in [-0.25, -0.2) is 4.98 Å². The van der Waals surface area contributed by atoms with E-state index in [0.717, 1.165) is 59.9 Å². The normalized spacial score (nSPS) is 18.0. The fourth-order valence-corrected chi connectivity index (χ4v) is 7.86. The number of hydrogen-bond donors (Lipinski definition) is 0. The molecule has 0 N–H and O–H groups in total. The van der Waals surface area contributed by atoms with Gasteiger partial charge in [-0.2, -0.15) is 0 Å². The molecule has 1 aliphatic carbocycles. The van der Waals surface area contributed by atoms with Gasteiger partial charge >= 0.3 is 0 Å². The lowest BCUT2D eigenvalue weighted by molar-refractivity contribution is -0.124. The van der Waals surface area contributed by atoms with Crippen molar-refractivity contribution in [1.29, 1.82) is 0 Å². The topological polar surface area (TPSA) is 61.2 Å². The van der Waals surface area contributed by atoms with Crippen molar-refractivity contribution in [1.82, 2.24) is 8.96 Å². The van der Waals surface area contributed by atoms with Crippen LogP contribution < -0.4 is 4.90 Å². The molecular weight excluding hydrogens is 510 g/mol. The molecule has 7 heteroatoms. The Labute approximate surface area is 210 Å². The lowest BCUT2D eigenvalue weighted by atomic mass is 9.69. The number of amides is 1. The van der Waals surface area contributed by atoms with E-state index in [4.69, 9.17) is 4.98 Å². The number of aromatic nitrogens is 2. The zero-order valence-electron chi connectivity index (χ0n) is 18.8. The number of benzene rings is 2. The number of carbonyl (C=O) groups excluding carboxylic acids is 1. The van der Waals surface area contributed by atoms with E-state index < -0.39 is 16.8 Å². The van der Waals surface area contributed by atoms with Crippen LogP contribution >= 0.6 is 15.9 Å². The van der Waals surface area contributed by atoms with Gasteiger partial charge in [-0.05, 0) is 46.5 Å². The molecule has 0 saturated heterocycles. The first-order valence-electron chi connectivity index (χ1n) is 11.6. The van der Waals surface area contributed by atoms with E-state index in [2.05, 4.69) is 28.1 Å². The van der Waals surface area contributed by atoms with Crippen LogP contribution in [0.3, 0.4) is 0 Å². The number of anilines is 1. The molecule has 0 bridgehead atoms. The molecule has 3 heterocycles. The Morgan fingerprint density at radius 2 is 1.65 bits per heavy atom. The summed E-state index contributed by atoms with van der Waals surface area (Å²) in [5.41, 5.74) is 3.95. The second-order valence-corrected chi connectivity index (χ2v) is 11.2.